The molecule has 6 heteroatoms. The fraction of sp³-hybridized carbons (Fsp3) is 0.438. The van der Waals surface area contributed by atoms with Gasteiger partial charge in [0, 0.05) is 12.6 Å². The SMILES string of the molecule is CN(Cc1nc(-c2ccccc2)no1)C(=O)CSCC1CC1. The highest BCUT2D eigenvalue weighted by atomic mass is 32.2. The van der Waals surface area contributed by atoms with Gasteiger partial charge in [0.05, 0.1) is 12.3 Å². The average molecular weight is 317 g/mol. The molecule has 0 radical (unpaired) electrons. The Morgan fingerprint density at radius 1 is 1.36 bits per heavy atom. The Bertz CT molecular complexity index is 625. The number of nitrogens with zero attached hydrogens (tertiary/aromatic N) is 3. The van der Waals surface area contributed by atoms with Crippen LogP contribution in [0.5, 0.6) is 0 Å². The molecule has 1 fully saturated rings. The van der Waals surface area contributed by atoms with Crippen LogP contribution < -0.4 is 0 Å². The first-order chi connectivity index (χ1) is 10.7. The largest absolute Gasteiger partial charge is 0.337 e. The van der Waals surface area contributed by atoms with Crippen molar-refractivity contribution in [3.63, 3.8) is 0 Å². The van der Waals surface area contributed by atoms with E-state index >= 15 is 0 Å². The van der Waals surface area contributed by atoms with Crippen molar-refractivity contribution >= 4 is 17.7 Å². The van der Waals surface area contributed by atoms with E-state index in [1.165, 1.54) is 12.8 Å². The van der Waals surface area contributed by atoms with E-state index in [9.17, 15) is 4.79 Å². The molecule has 5 nitrogen and oxygen atoms in total. The first kappa shape index (κ1) is 15.1. The van der Waals surface area contributed by atoms with Crippen LogP contribution in [-0.2, 0) is 11.3 Å². The molecule has 0 unspecified atom stereocenters. The highest BCUT2D eigenvalue weighted by molar-refractivity contribution is 7.99. The number of benzene rings is 1. The highest BCUT2D eigenvalue weighted by Crippen LogP contribution is 2.32. The Balaban J connectivity index is 1.51. The molecular formula is C16H19N3O2S. The summed E-state index contributed by atoms with van der Waals surface area (Å²) in [5, 5.41) is 3.96. The molecule has 3 rings (SSSR count). The average Bonchev–Trinajstić information content (AvgIpc) is 3.25. The maximum absolute atomic E-state index is 12.0. The van der Waals surface area contributed by atoms with E-state index in [1.807, 2.05) is 30.3 Å². The number of aromatic nitrogens is 2. The van der Waals surface area contributed by atoms with E-state index in [0.29, 0.717) is 24.0 Å². The zero-order valence-corrected chi connectivity index (χ0v) is 13.4. The second-order valence-electron chi connectivity index (χ2n) is 5.59. The van der Waals surface area contributed by atoms with Crippen molar-refractivity contribution in [3.8, 4) is 11.4 Å². The lowest BCUT2D eigenvalue weighted by Gasteiger charge is -2.14. The van der Waals surface area contributed by atoms with E-state index in [4.69, 9.17) is 4.52 Å². The Morgan fingerprint density at radius 3 is 2.86 bits per heavy atom. The molecule has 1 saturated carbocycles. The van der Waals surface area contributed by atoms with Crippen LogP contribution in [0, 0.1) is 5.92 Å². The number of hydrogen-bond acceptors (Lipinski definition) is 5. The summed E-state index contributed by atoms with van der Waals surface area (Å²) >= 11 is 1.72. The maximum atomic E-state index is 12.0. The topological polar surface area (TPSA) is 59.2 Å². The lowest BCUT2D eigenvalue weighted by atomic mass is 10.2. The highest BCUT2D eigenvalue weighted by Gasteiger charge is 2.22. The van der Waals surface area contributed by atoms with Crippen LogP contribution in [0.25, 0.3) is 11.4 Å². The second kappa shape index (κ2) is 6.96. The molecule has 1 heterocycles. The first-order valence-corrected chi connectivity index (χ1v) is 8.57. The quantitative estimate of drug-likeness (QED) is 0.786. The van der Waals surface area contributed by atoms with Crippen molar-refractivity contribution < 1.29 is 9.32 Å². The summed E-state index contributed by atoms with van der Waals surface area (Å²) < 4.78 is 5.23. The van der Waals surface area contributed by atoms with Crippen LogP contribution >= 0.6 is 11.8 Å². The van der Waals surface area contributed by atoms with Gasteiger partial charge in [0.25, 0.3) is 0 Å². The summed E-state index contributed by atoms with van der Waals surface area (Å²) in [5.74, 6) is 3.57. The summed E-state index contributed by atoms with van der Waals surface area (Å²) in [4.78, 5) is 18.0. The zero-order valence-electron chi connectivity index (χ0n) is 12.6. The number of carbonyl (C=O) groups excluding carboxylic acids is 1. The van der Waals surface area contributed by atoms with Crippen LogP contribution in [0.4, 0.5) is 0 Å². The van der Waals surface area contributed by atoms with Crippen LogP contribution in [0.1, 0.15) is 18.7 Å². The van der Waals surface area contributed by atoms with Crippen molar-refractivity contribution in [3.05, 3.63) is 36.2 Å². The Labute approximate surface area is 134 Å². The number of thioether (sulfide) groups is 1. The third-order valence-electron chi connectivity index (χ3n) is 3.57. The third kappa shape index (κ3) is 4.10. The summed E-state index contributed by atoms with van der Waals surface area (Å²) in [7, 11) is 1.77. The smallest absolute Gasteiger partial charge is 0.246 e. The number of rotatable bonds is 7. The Kier molecular flexibility index (Phi) is 4.77. The van der Waals surface area contributed by atoms with E-state index < -0.39 is 0 Å². The third-order valence-corrected chi connectivity index (χ3v) is 4.73. The van der Waals surface area contributed by atoms with Gasteiger partial charge in [-0.3, -0.25) is 4.79 Å². The van der Waals surface area contributed by atoms with Crippen molar-refractivity contribution in [2.75, 3.05) is 18.6 Å². The molecule has 0 saturated heterocycles. The van der Waals surface area contributed by atoms with Gasteiger partial charge in [-0.15, -0.1) is 0 Å². The number of hydrogen-bond donors (Lipinski definition) is 0. The minimum Gasteiger partial charge on any atom is -0.337 e. The Morgan fingerprint density at radius 2 is 2.14 bits per heavy atom. The van der Waals surface area contributed by atoms with E-state index in [2.05, 4.69) is 10.1 Å². The monoisotopic (exact) mass is 317 g/mol. The summed E-state index contributed by atoms with van der Waals surface area (Å²) in [6.45, 7) is 0.350. The van der Waals surface area contributed by atoms with Gasteiger partial charge >= 0.3 is 0 Å². The number of carbonyl (C=O) groups is 1. The van der Waals surface area contributed by atoms with Gasteiger partial charge in [-0.1, -0.05) is 35.5 Å². The second-order valence-corrected chi connectivity index (χ2v) is 6.62. The molecule has 1 aromatic heterocycles. The first-order valence-electron chi connectivity index (χ1n) is 7.42. The summed E-state index contributed by atoms with van der Waals surface area (Å²) in [5.41, 5.74) is 0.909. The van der Waals surface area contributed by atoms with Gasteiger partial charge in [0.2, 0.25) is 17.6 Å². The van der Waals surface area contributed by atoms with Crippen molar-refractivity contribution in [2.45, 2.75) is 19.4 Å². The minimum absolute atomic E-state index is 0.102. The summed E-state index contributed by atoms with van der Waals surface area (Å²) in [6.07, 6.45) is 2.64. The summed E-state index contributed by atoms with van der Waals surface area (Å²) in [6, 6.07) is 9.66. The number of amides is 1. The molecule has 0 atom stereocenters. The van der Waals surface area contributed by atoms with E-state index in [0.717, 1.165) is 17.2 Å². The minimum atomic E-state index is 0.102. The van der Waals surface area contributed by atoms with Gasteiger partial charge in [0.1, 0.15) is 0 Å². The predicted octanol–water partition coefficient (Wildman–Crippen LogP) is 2.84. The zero-order chi connectivity index (χ0) is 15.4. The molecule has 1 amide bonds. The fourth-order valence-electron chi connectivity index (χ4n) is 2.02. The van der Waals surface area contributed by atoms with Gasteiger partial charge in [-0.25, -0.2) is 0 Å². The molecule has 2 aromatic rings. The van der Waals surface area contributed by atoms with Crippen LogP contribution in [0.3, 0.4) is 0 Å². The van der Waals surface area contributed by atoms with Gasteiger partial charge < -0.3 is 9.42 Å². The molecule has 116 valence electrons. The van der Waals surface area contributed by atoms with Crippen molar-refractivity contribution in [1.82, 2.24) is 15.0 Å². The molecule has 22 heavy (non-hydrogen) atoms. The van der Waals surface area contributed by atoms with E-state index in [1.54, 1.807) is 23.7 Å². The van der Waals surface area contributed by atoms with E-state index in [-0.39, 0.29) is 5.91 Å². The molecule has 1 aliphatic rings. The molecule has 1 aromatic carbocycles. The molecule has 0 aliphatic heterocycles. The van der Waals surface area contributed by atoms with Gasteiger partial charge in [0.15, 0.2) is 0 Å². The lowest BCUT2D eigenvalue weighted by molar-refractivity contribution is -0.127. The Hall–Kier alpha value is -1.82. The van der Waals surface area contributed by atoms with Gasteiger partial charge in [-0.2, -0.15) is 16.7 Å². The normalized spacial score (nSPS) is 14.0. The molecule has 0 bridgehead atoms. The van der Waals surface area contributed by atoms with Gasteiger partial charge in [-0.05, 0) is 24.5 Å². The molecule has 0 N–H and O–H groups in total. The lowest BCUT2D eigenvalue weighted by Crippen LogP contribution is -2.28. The molecular weight excluding hydrogens is 298 g/mol. The van der Waals surface area contributed by atoms with Crippen LogP contribution in [-0.4, -0.2) is 39.5 Å². The van der Waals surface area contributed by atoms with Crippen LogP contribution in [0.15, 0.2) is 34.9 Å². The van der Waals surface area contributed by atoms with Crippen molar-refractivity contribution in [1.29, 1.82) is 0 Å². The maximum Gasteiger partial charge on any atom is 0.246 e. The molecule has 1 aliphatic carbocycles. The predicted molar refractivity (Wildman–Crippen MR) is 86.3 cm³/mol. The van der Waals surface area contributed by atoms with Crippen molar-refractivity contribution in [2.24, 2.45) is 5.92 Å². The molecule has 0 spiro atoms. The standard InChI is InChI=1S/C16H19N3O2S/c1-19(15(20)11-22-10-12-7-8-12)9-14-17-16(18-21-14)13-5-3-2-4-6-13/h2-6,12H,7-11H2,1H3. The fourth-order valence-corrected chi connectivity index (χ4v) is 3.20. The van der Waals surface area contributed by atoms with Crippen LogP contribution in [0.2, 0.25) is 0 Å².